The molecule has 0 unspecified atom stereocenters. The van der Waals surface area contributed by atoms with E-state index in [1.807, 2.05) is 0 Å². The number of halogens is 2. The van der Waals surface area contributed by atoms with Crippen LogP contribution in [0.15, 0.2) is 22.5 Å². The summed E-state index contributed by atoms with van der Waals surface area (Å²) in [5.41, 5.74) is 6.05. The number of nitrogens with two attached hydrogens (primary N) is 1. The highest BCUT2D eigenvalue weighted by atomic mass is 35.5. The van der Waals surface area contributed by atoms with E-state index in [1.54, 1.807) is 18.2 Å². The molecule has 20 heavy (non-hydrogen) atoms. The first-order valence-electron chi connectivity index (χ1n) is 5.50. The van der Waals surface area contributed by atoms with Crippen LogP contribution in [-0.2, 0) is 4.79 Å². The van der Waals surface area contributed by atoms with E-state index in [9.17, 15) is 4.79 Å². The Morgan fingerprint density at radius 2 is 2.00 bits per heavy atom. The maximum Gasteiger partial charge on any atom is 0.225 e. The van der Waals surface area contributed by atoms with Crippen molar-refractivity contribution in [1.29, 1.82) is 0 Å². The SMILES string of the molecule is Nc1nnc(SCCC(=O)Nc2cc(Cl)cc(Cl)c2)s1. The first kappa shape index (κ1) is 15.4. The van der Waals surface area contributed by atoms with Crippen molar-refractivity contribution in [1.82, 2.24) is 10.2 Å². The van der Waals surface area contributed by atoms with Gasteiger partial charge in [0.25, 0.3) is 0 Å². The molecular weight excluding hydrogens is 339 g/mol. The number of benzene rings is 1. The molecule has 5 nitrogen and oxygen atoms in total. The summed E-state index contributed by atoms with van der Waals surface area (Å²) in [5.74, 6) is 0.475. The van der Waals surface area contributed by atoms with Gasteiger partial charge in [0.1, 0.15) is 0 Å². The number of carbonyl (C=O) groups excluding carboxylic acids is 1. The van der Waals surface area contributed by atoms with Gasteiger partial charge < -0.3 is 11.1 Å². The molecule has 0 spiro atoms. The van der Waals surface area contributed by atoms with E-state index in [1.165, 1.54) is 23.1 Å². The molecule has 0 radical (unpaired) electrons. The molecule has 0 fully saturated rings. The Kier molecular flexibility index (Phi) is 5.47. The fourth-order valence-electron chi connectivity index (χ4n) is 1.36. The zero-order valence-corrected chi connectivity index (χ0v) is 13.2. The van der Waals surface area contributed by atoms with Crippen LogP contribution in [0.4, 0.5) is 10.8 Å². The molecule has 0 aliphatic rings. The van der Waals surface area contributed by atoms with Crippen LogP contribution in [0.2, 0.25) is 10.0 Å². The fourth-order valence-corrected chi connectivity index (χ4v) is 3.53. The maximum absolute atomic E-state index is 11.8. The first-order valence-corrected chi connectivity index (χ1v) is 8.06. The summed E-state index contributed by atoms with van der Waals surface area (Å²) in [6, 6.07) is 4.89. The van der Waals surface area contributed by atoms with Crippen LogP contribution < -0.4 is 11.1 Å². The van der Waals surface area contributed by atoms with E-state index in [0.717, 1.165) is 4.34 Å². The molecule has 1 aromatic heterocycles. The molecule has 1 aromatic carbocycles. The number of aromatic nitrogens is 2. The monoisotopic (exact) mass is 348 g/mol. The van der Waals surface area contributed by atoms with Gasteiger partial charge in [-0.3, -0.25) is 4.79 Å². The van der Waals surface area contributed by atoms with E-state index in [2.05, 4.69) is 15.5 Å². The Balaban J connectivity index is 1.80. The third kappa shape index (κ3) is 4.82. The number of thioether (sulfide) groups is 1. The van der Waals surface area contributed by atoms with Crippen LogP contribution in [0.1, 0.15) is 6.42 Å². The molecule has 2 rings (SSSR count). The zero-order valence-electron chi connectivity index (χ0n) is 10.1. The Labute approximate surface area is 133 Å². The summed E-state index contributed by atoms with van der Waals surface area (Å²) >= 11 is 14.4. The normalized spacial score (nSPS) is 10.5. The maximum atomic E-state index is 11.8. The second-order valence-corrected chi connectivity index (χ2v) is 6.93. The third-order valence-electron chi connectivity index (χ3n) is 2.12. The van der Waals surface area contributed by atoms with Gasteiger partial charge in [-0.2, -0.15) is 0 Å². The summed E-state index contributed by atoms with van der Waals surface area (Å²) in [4.78, 5) is 11.8. The summed E-state index contributed by atoms with van der Waals surface area (Å²) in [6.07, 6.45) is 0.342. The lowest BCUT2D eigenvalue weighted by Gasteiger charge is -2.05. The summed E-state index contributed by atoms with van der Waals surface area (Å²) in [6.45, 7) is 0. The van der Waals surface area contributed by atoms with Gasteiger partial charge in [-0.15, -0.1) is 10.2 Å². The number of hydrogen-bond donors (Lipinski definition) is 2. The standard InChI is InChI=1S/C11H10Cl2N4OS2/c12-6-3-7(13)5-8(4-6)15-9(18)1-2-19-11-17-16-10(14)20-11/h3-5H,1-2H2,(H2,14,16)(H,15,18). The van der Waals surface area contributed by atoms with Gasteiger partial charge in [0.2, 0.25) is 11.0 Å². The minimum Gasteiger partial charge on any atom is -0.374 e. The van der Waals surface area contributed by atoms with E-state index >= 15 is 0 Å². The van der Waals surface area contributed by atoms with Gasteiger partial charge >= 0.3 is 0 Å². The molecule has 0 aliphatic carbocycles. The van der Waals surface area contributed by atoms with Crippen molar-refractivity contribution in [2.24, 2.45) is 0 Å². The number of amides is 1. The summed E-state index contributed by atoms with van der Waals surface area (Å²) < 4.78 is 0.751. The first-order chi connectivity index (χ1) is 9.52. The molecule has 106 valence electrons. The Bertz CT molecular complexity index is 600. The average Bonchev–Trinajstić information content (AvgIpc) is 2.73. The van der Waals surface area contributed by atoms with Crippen LogP contribution in [0.5, 0.6) is 0 Å². The van der Waals surface area contributed by atoms with E-state index in [-0.39, 0.29) is 5.91 Å². The molecule has 2 aromatic rings. The lowest BCUT2D eigenvalue weighted by molar-refractivity contribution is -0.115. The average molecular weight is 349 g/mol. The molecule has 1 heterocycles. The number of carbonyl (C=O) groups is 1. The smallest absolute Gasteiger partial charge is 0.225 e. The highest BCUT2D eigenvalue weighted by molar-refractivity contribution is 8.01. The van der Waals surface area contributed by atoms with E-state index < -0.39 is 0 Å². The number of anilines is 2. The molecule has 1 amide bonds. The van der Waals surface area contributed by atoms with Crippen LogP contribution in [-0.4, -0.2) is 21.9 Å². The third-order valence-corrected chi connectivity index (χ3v) is 4.45. The molecule has 0 atom stereocenters. The van der Waals surface area contributed by atoms with Gasteiger partial charge in [-0.25, -0.2) is 0 Å². The largest absolute Gasteiger partial charge is 0.374 e. The minimum absolute atomic E-state index is 0.117. The second-order valence-electron chi connectivity index (χ2n) is 3.71. The van der Waals surface area contributed by atoms with Gasteiger partial charge in [0.15, 0.2) is 4.34 Å². The van der Waals surface area contributed by atoms with Crippen molar-refractivity contribution in [3.63, 3.8) is 0 Å². The Morgan fingerprint density at radius 1 is 1.30 bits per heavy atom. The van der Waals surface area contributed by atoms with E-state index in [4.69, 9.17) is 28.9 Å². The fraction of sp³-hybridized carbons (Fsp3) is 0.182. The second kappa shape index (κ2) is 7.12. The molecule has 0 saturated carbocycles. The Hall–Kier alpha value is -1.02. The van der Waals surface area contributed by atoms with Crippen molar-refractivity contribution >= 4 is 63.0 Å². The number of nitrogens with one attached hydrogen (secondary N) is 1. The lowest BCUT2D eigenvalue weighted by atomic mass is 10.3. The van der Waals surface area contributed by atoms with Crippen molar-refractivity contribution in [3.8, 4) is 0 Å². The predicted molar refractivity (Wildman–Crippen MR) is 84.8 cm³/mol. The van der Waals surface area contributed by atoms with Gasteiger partial charge in [0.05, 0.1) is 0 Å². The van der Waals surface area contributed by atoms with Crippen LogP contribution in [0.3, 0.4) is 0 Å². The predicted octanol–water partition coefficient (Wildman–Crippen LogP) is 3.55. The zero-order chi connectivity index (χ0) is 14.5. The molecule has 0 saturated heterocycles. The van der Waals surface area contributed by atoms with Crippen molar-refractivity contribution < 1.29 is 4.79 Å². The summed E-state index contributed by atoms with van der Waals surface area (Å²) in [7, 11) is 0. The molecule has 9 heteroatoms. The van der Waals surface area contributed by atoms with Crippen molar-refractivity contribution in [2.75, 3.05) is 16.8 Å². The van der Waals surface area contributed by atoms with Crippen molar-refractivity contribution in [3.05, 3.63) is 28.2 Å². The molecule has 0 aliphatic heterocycles. The Morgan fingerprint density at radius 3 is 2.60 bits per heavy atom. The number of nitrogen functional groups attached to an aromatic ring is 1. The quantitative estimate of drug-likeness (QED) is 0.807. The number of nitrogens with zero attached hydrogens (tertiary/aromatic N) is 2. The van der Waals surface area contributed by atoms with Crippen LogP contribution >= 0.6 is 46.3 Å². The van der Waals surface area contributed by atoms with Crippen molar-refractivity contribution in [2.45, 2.75) is 10.8 Å². The van der Waals surface area contributed by atoms with Gasteiger partial charge in [-0.05, 0) is 18.2 Å². The topological polar surface area (TPSA) is 80.9 Å². The molecule has 0 bridgehead atoms. The minimum atomic E-state index is -0.117. The number of hydrogen-bond acceptors (Lipinski definition) is 6. The molecule has 3 N–H and O–H groups in total. The van der Waals surface area contributed by atoms with Gasteiger partial charge in [0, 0.05) is 27.9 Å². The van der Waals surface area contributed by atoms with Crippen LogP contribution in [0, 0.1) is 0 Å². The van der Waals surface area contributed by atoms with Crippen LogP contribution in [0.25, 0.3) is 0 Å². The highest BCUT2D eigenvalue weighted by Gasteiger charge is 2.07. The molecular formula is C11H10Cl2N4OS2. The highest BCUT2D eigenvalue weighted by Crippen LogP contribution is 2.25. The van der Waals surface area contributed by atoms with Gasteiger partial charge in [-0.1, -0.05) is 46.3 Å². The summed E-state index contributed by atoms with van der Waals surface area (Å²) in [5, 5.41) is 11.7. The number of rotatable bonds is 5. The van der Waals surface area contributed by atoms with E-state index in [0.29, 0.717) is 33.0 Å². The lowest BCUT2D eigenvalue weighted by Crippen LogP contribution is -2.12.